The molecule has 0 saturated carbocycles. The van der Waals surface area contributed by atoms with Crippen LogP contribution in [0.25, 0.3) is 0 Å². The van der Waals surface area contributed by atoms with E-state index >= 15 is 0 Å². The molecule has 1 aromatic rings. The van der Waals surface area contributed by atoms with Crippen LogP contribution in [0.15, 0.2) is 16.5 Å². The van der Waals surface area contributed by atoms with E-state index < -0.39 is 0 Å². The highest BCUT2D eigenvalue weighted by molar-refractivity contribution is 5.80. The van der Waals surface area contributed by atoms with Crippen LogP contribution in [0.4, 0.5) is 0 Å². The summed E-state index contributed by atoms with van der Waals surface area (Å²) in [5.41, 5.74) is 0. The van der Waals surface area contributed by atoms with Crippen molar-refractivity contribution < 1.29 is 9.21 Å². The summed E-state index contributed by atoms with van der Waals surface area (Å²) in [5.74, 6) is 0.936. The van der Waals surface area contributed by atoms with E-state index in [1.165, 1.54) is 4.90 Å². The van der Waals surface area contributed by atoms with Crippen LogP contribution < -0.4 is 5.32 Å². The molecule has 5 nitrogen and oxygen atoms in total. The zero-order valence-corrected chi connectivity index (χ0v) is 9.65. The molecule has 0 spiro atoms. The Morgan fingerprint density at radius 1 is 1.62 bits per heavy atom. The molecule has 0 aliphatic carbocycles. The Morgan fingerprint density at radius 2 is 2.31 bits per heavy atom. The van der Waals surface area contributed by atoms with E-state index in [1.54, 1.807) is 33.2 Å². The summed E-state index contributed by atoms with van der Waals surface area (Å²) in [6, 6.07) is 4.96. The highest BCUT2D eigenvalue weighted by Gasteiger charge is 2.14. The number of carbonyl (C=O) groups excluding carboxylic acids is 1. The van der Waals surface area contributed by atoms with Crippen molar-refractivity contribution in [2.24, 2.45) is 0 Å². The molecular formula is C11H15N3O2. The summed E-state index contributed by atoms with van der Waals surface area (Å²) >= 11 is 0. The van der Waals surface area contributed by atoms with Gasteiger partial charge in [-0.2, -0.15) is 5.26 Å². The summed E-state index contributed by atoms with van der Waals surface area (Å²) in [6.07, 6.45) is 0. The molecule has 1 rings (SSSR count). The van der Waals surface area contributed by atoms with Gasteiger partial charge in [-0.3, -0.25) is 10.1 Å². The highest BCUT2D eigenvalue weighted by atomic mass is 16.3. The van der Waals surface area contributed by atoms with E-state index in [4.69, 9.17) is 9.68 Å². The van der Waals surface area contributed by atoms with Gasteiger partial charge in [0.05, 0.1) is 12.6 Å². The number of nitrogens with zero attached hydrogens (tertiary/aromatic N) is 2. The molecule has 0 fully saturated rings. The predicted molar refractivity (Wildman–Crippen MR) is 58.4 cm³/mol. The fraction of sp³-hybridized carbons (Fsp3) is 0.455. The number of carbonyl (C=O) groups is 1. The van der Waals surface area contributed by atoms with Crippen LogP contribution in [0.2, 0.25) is 0 Å². The molecule has 1 aromatic heterocycles. The molecule has 5 heteroatoms. The lowest BCUT2D eigenvalue weighted by atomic mass is 10.3. The van der Waals surface area contributed by atoms with E-state index in [0.29, 0.717) is 12.3 Å². The Kier molecular flexibility index (Phi) is 4.09. The van der Waals surface area contributed by atoms with Crippen LogP contribution in [0.5, 0.6) is 0 Å². The van der Waals surface area contributed by atoms with E-state index in [1.807, 2.05) is 6.07 Å². The quantitative estimate of drug-likeness (QED) is 0.813. The third kappa shape index (κ3) is 3.11. The minimum Gasteiger partial charge on any atom is -0.449 e. The van der Waals surface area contributed by atoms with Gasteiger partial charge in [0, 0.05) is 14.1 Å². The molecule has 0 radical (unpaired) electrons. The summed E-state index contributed by atoms with van der Waals surface area (Å²) < 4.78 is 5.17. The van der Waals surface area contributed by atoms with Crippen molar-refractivity contribution in [3.05, 3.63) is 23.7 Å². The number of amides is 1. The Labute approximate surface area is 94.6 Å². The van der Waals surface area contributed by atoms with Crippen molar-refractivity contribution in [3.63, 3.8) is 0 Å². The fourth-order valence-corrected chi connectivity index (χ4v) is 1.26. The first-order chi connectivity index (χ1) is 7.54. The summed E-state index contributed by atoms with van der Waals surface area (Å²) in [6.45, 7) is 2.22. The first kappa shape index (κ1) is 12.3. The molecule has 1 heterocycles. The van der Waals surface area contributed by atoms with Crippen molar-refractivity contribution in [3.8, 4) is 6.07 Å². The zero-order chi connectivity index (χ0) is 12.1. The largest absolute Gasteiger partial charge is 0.449 e. The molecule has 0 unspecified atom stereocenters. The van der Waals surface area contributed by atoms with Gasteiger partial charge in [0.2, 0.25) is 11.7 Å². The standard InChI is InChI=1S/C11H15N3O2/c1-8(11(15)14(2)3)13-7-10-5-4-9(6-12)16-10/h4-5,8,13H,7H2,1-3H3/t8-/m1/s1. The molecule has 86 valence electrons. The molecule has 0 bridgehead atoms. The maximum absolute atomic E-state index is 11.5. The molecule has 0 saturated heterocycles. The van der Waals surface area contributed by atoms with Gasteiger partial charge in [-0.25, -0.2) is 0 Å². The predicted octanol–water partition coefficient (Wildman–Crippen LogP) is 0.718. The molecular weight excluding hydrogens is 206 g/mol. The monoisotopic (exact) mass is 221 g/mol. The summed E-state index contributed by atoms with van der Waals surface area (Å²) in [4.78, 5) is 13.0. The number of furan rings is 1. The summed E-state index contributed by atoms with van der Waals surface area (Å²) in [5, 5.41) is 11.6. The van der Waals surface area contributed by atoms with Crippen LogP contribution in [-0.4, -0.2) is 30.9 Å². The Bertz CT molecular complexity index is 404. The van der Waals surface area contributed by atoms with E-state index in [2.05, 4.69) is 5.32 Å². The molecule has 1 amide bonds. The molecule has 1 atom stereocenters. The fourth-order valence-electron chi connectivity index (χ4n) is 1.26. The number of hydrogen-bond acceptors (Lipinski definition) is 4. The zero-order valence-electron chi connectivity index (χ0n) is 9.65. The van der Waals surface area contributed by atoms with Gasteiger partial charge in [-0.1, -0.05) is 0 Å². The third-order valence-electron chi connectivity index (χ3n) is 2.17. The Morgan fingerprint density at radius 3 is 2.81 bits per heavy atom. The lowest BCUT2D eigenvalue weighted by Gasteiger charge is -2.17. The van der Waals surface area contributed by atoms with E-state index in [-0.39, 0.29) is 17.7 Å². The number of nitriles is 1. The second kappa shape index (κ2) is 5.33. The van der Waals surface area contributed by atoms with Gasteiger partial charge in [0.1, 0.15) is 11.8 Å². The normalized spacial score (nSPS) is 11.9. The smallest absolute Gasteiger partial charge is 0.238 e. The van der Waals surface area contributed by atoms with Crippen molar-refractivity contribution >= 4 is 5.91 Å². The average molecular weight is 221 g/mol. The number of rotatable bonds is 4. The van der Waals surface area contributed by atoms with Crippen LogP contribution in [0.1, 0.15) is 18.4 Å². The topological polar surface area (TPSA) is 69.3 Å². The van der Waals surface area contributed by atoms with E-state index in [0.717, 1.165) is 0 Å². The van der Waals surface area contributed by atoms with Gasteiger partial charge < -0.3 is 9.32 Å². The van der Waals surface area contributed by atoms with Crippen LogP contribution in [0, 0.1) is 11.3 Å². The Balaban J connectivity index is 2.46. The van der Waals surface area contributed by atoms with Crippen molar-refractivity contribution in [1.29, 1.82) is 5.26 Å². The maximum Gasteiger partial charge on any atom is 0.238 e. The average Bonchev–Trinajstić information content (AvgIpc) is 2.72. The molecule has 0 aliphatic heterocycles. The maximum atomic E-state index is 11.5. The minimum atomic E-state index is -0.273. The van der Waals surface area contributed by atoms with Crippen molar-refractivity contribution in [1.82, 2.24) is 10.2 Å². The van der Waals surface area contributed by atoms with Gasteiger partial charge in [0.15, 0.2) is 0 Å². The van der Waals surface area contributed by atoms with Gasteiger partial charge in [-0.05, 0) is 19.1 Å². The van der Waals surface area contributed by atoms with E-state index in [9.17, 15) is 4.79 Å². The first-order valence-corrected chi connectivity index (χ1v) is 4.98. The van der Waals surface area contributed by atoms with Crippen LogP contribution >= 0.6 is 0 Å². The number of hydrogen-bond donors (Lipinski definition) is 1. The van der Waals surface area contributed by atoms with Crippen molar-refractivity contribution in [2.75, 3.05) is 14.1 Å². The SMILES string of the molecule is C[C@@H](NCc1ccc(C#N)o1)C(=O)N(C)C. The second-order valence-corrected chi connectivity index (χ2v) is 3.71. The van der Waals surface area contributed by atoms with Gasteiger partial charge in [0.25, 0.3) is 0 Å². The van der Waals surface area contributed by atoms with Gasteiger partial charge >= 0.3 is 0 Å². The number of nitrogens with one attached hydrogen (secondary N) is 1. The van der Waals surface area contributed by atoms with Crippen LogP contribution in [-0.2, 0) is 11.3 Å². The minimum absolute atomic E-state index is 0.00654. The van der Waals surface area contributed by atoms with Crippen LogP contribution in [0.3, 0.4) is 0 Å². The molecule has 0 aromatic carbocycles. The van der Waals surface area contributed by atoms with Crippen molar-refractivity contribution in [2.45, 2.75) is 19.5 Å². The molecule has 1 N–H and O–H groups in total. The summed E-state index contributed by atoms with van der Waals surface area (Å²) in [7, 11) is 3.42. The highest BCUT2D eigenvalue weighted by Crippen LogP contribution is 2.06. The Hall–Kier alpha value is -1.80. The lowest BCUT2D eigenvalue weighted by molar-refractivity contribution is -0.130. The second-order valence-electron chi connectivity index (χ2n) is 3.71. The third-order valence-corrected chi connectivity index (χ3v) is 2.17. The lowest BCUT2D eigenvalue weighted by Crippen LogP contribution is -2.41. The first-order valence-electron chi connectivity index (χ1n) is 4.98. The molecule has 16 heavy (non-hydrogen) atoms. The number of likely N-dealkylation sites (N-methyl/N-ethyl adjacent to an activating group) is 1. The molecule has 0 aliphatic rings. The van der Waals surface area contributed by atoms with Gasteiger partial charge in [-0.15, -0.1) is 0 Å².